The highest BCUT2D eigenvalue weighted by Crippen LogP contribution is 2.24. The zero-order valence-electron chi connectivity index (χ0n) is 10.5. The quantitative estimate of drug-likeness (QED) is 0.793. The fourth-order valence-corrected chi connectivity index (χ4v) is 1.97. The van der Waals surface area contributed by atoms with Crippen LogP contribution in [-0.4, -0.2) is 12.9 Å². The lowest BCUT2D eigenvalue weighted by Gasteiger charge is -2.09. The minimum Gasteiger partial charge on any atom is -0.496 e. The second-order valence-electron chi connectivity index (χ2n) is 4.16. The van der Waals surface area contributed by atoms with Crippen molar-refractivity contribution in [1.82, 2.24) is 0 Å². The molecule has 4 heteroatoms. The summed E-state index contributed by atoms with van der Waals surface area (Å²) in [4.78, 5) is 12.4. The Bertz CT molecular complexity index is 638. The molecule has 0 spiro atoms. The molecule has 2 aromatic rings. The van der Waals surface area contributed by atoms with Crippen LogP contribution in [0.25, 0.3) is 0 Å². The maximum atomic E-state index is 13.1. The van der Waals surface area contributed by atoms with Gasteiger partial charge in [-0.15, -0.1) is 0 Å². The molecule has 2 aromatic carbocycles. The Kier molecular flexibility index (Phi) is 3.86. The first kappa shape index (κ1) is 13.6. The molecule has 0 heterocycles. The molecule has 0 aromatic heterocycles. The molecule has 0 aliphatic rings. The molecular weight excluding hydrogens is 267 g/mol. The Morgan fingerprint density at radius 3 is 2.58 bits per heavy atom. The topological polar surface area (TPSA) is 26.3 Å². The zero-order chi connectivity index (χ0) is 14.0. The Morgan fingerprint density at radius 2 is 1.95 bits per heavy atom. The van der Waals surface area contributed by atoms with Crippen LogP contribution < -0.4 is 4.74 Å². The minimum absolute atomic E-state index is 0.0718. The van der Waals surface area contributed by atoms with Crippen LogP contribution in [-0.2, 0) is 0 Å². The number of hydrogen-bond acceptors (Lipinski definition) is 2. The third kappa shape index (κ3) is 2.76. The Labute approximate surface area is 115 Å². The molecular formula is C15H12ClFO2. The van der Waals surface area contributed by atoms with Gasteiger partial charge in [0.05, 0.1) is 17.7 Å². The Balaban J connectivity index is 2.49. The number of rotatable bonds is 3. The average molecular weight is 279 g/mol. The number of methoxy groups -OCH3 is 1. The monoisotopic (exact) mass is 278 g/mol. The van der Waals surface area contributed by atoms with Gasteiger partial charge in [-0.25, -0.2) is 4.39 Å². The fraction of sp³-hybridized carbons (Fsp3) is 0.133. The molecule has 2 nitrogen and oxygen atoms in total. The number of carbonyl (C=O) groups excluding carboxylic acids is 1. The lowest BCUT2D eigenvalue weighted by atomic mass is 10.0. The molecule has 0 saturated carbocycles. The van der Waals surface area contributed by atoms with Crippen molar-refractivity contribution in [2.75, 3.05) is 7.11 Å². The summed E-state index contributed by atoms with van der Waals surface area (Å²) in [5.74, 6) is -0.312. The van der Waals surface area contributed by atoms with Gasteiger partial charge < -0.3 is 4.74 Å². The highest BCUT2D eigenvalue weighted by Gasteiger charge is 2.16. The van der Waals surface area contributed by atoms with Crippen LogP contribution in [0.15, 0.2) is 36.4 Å². The van der Waals surface area contributed by atoms with Crippen molar-refractivity contribution >= 4 is 17.4 Å². The molecule has 0 bridgehead atoms. The van der Waals surface area contributed by atoms with Gasteiger partial charge in [0.1, 0.15) is 11.6 Å². The van der Waals surface area contributed by atoms with Crippen molar-refractivity contribution < 1.29 is 13.9 Å². The van der Waals surface area contributed by atoms with E-state index in [2.05, 4.69) is 0 Å². The van der Waals surface area contributed by atoms with E-state index in [0.29, 0.717) is 16.9 Å². The van der Waals surface area contributed by atoms with E-state index in [0.717, 1.165) is 5.56 Å². The van der Waals surface area contributed by atoms with E-state index in [1.807, 2.05) is 13.0 Å². The van der Waals surface area contributed by atoms with Gasteiger partial charge >= 0.3 is 0 Å². The van der Waals surface area contributed by atoms with Gasteiger partial charge in [-0.2, -0.15) is 0 Å². The summed E-state index contributed by atoms with van der Waals surface area (Å²) < 4.78 is 18.3. The van der Waals surface area contributed by atoms with Crippen LogP contribution in [0.3, 0.4) is 0 Å². The predicted octanol–water partition coefficient (Wildman–Crippen LogP) is 4.03. The van der Waals surface area contributed by atoms with Gasteiger partial charge in [-0.05, 0) is 37.3 Å². The molecule has 0 atom stereocenters. The highest BCUT2D eigenvalue weighted by molar-refractivity contribution is 6.31. The van der Waals surface area contributed by atoms with E-state index in [9.17, 15) is 9.18 Å². The first-order valence-electron chi connectivity index (χ1n) is 5.67. The summed E-state index contributed by atoms with van der Waals surface area (Å²) in [5.41, 5.74) is 1.71. The van der Waals surface area contributed by atoms with Crippen molar-refractivity contribution in [3.05, 3.63) is 63.9 Å². The number of ether oxygens (including phenoxy) is 1. The number of aryl methyl sites for hydroxylation is 1. The van der Waals surface area contributed by atoms with Crippen LogP contribution in [0.4, 0.5) is 4.39 Å². The largest absolute Gasteiger partial charge is 0.496 e. The fourth-order valence-electron chi connectivity index (χ4n) is 1.79. The van der Waals surface area contributed by atoms with E-state index in [4.69, 9.17) is 16.3 Å². The lowest BCUT2D eigenvalue weighted by molar-refractivity contribution is 0.103. The highest BCUT2D eigenvalue weighted by atomic mass is 35.5. The summed E-state index contributed by atoms with van der Waals surface area (Å²) in [6, 6.07) is 9.23. The van der Waals surface area contributed by atoms with Crippen LogP contribution in [0, 0.1) is 12.7 Å². The smallest absolute Gasteiger partial charge is 0.196 e. The molecule has 0 amide bonds. The number of carbonyl (C=O) groups is 1. The van der Waals surface area contributed by atoms with E-state index in [1.165, 1.54) is 25.3 Å². The Morgan fingerprint density at radius 1 is 1.21 bits per heavy atom. The summed E-state index contributed by atoms with van der Waals surface area (Å²) in [6.45, 7) is 1.88. The molecule has 0 N–H and O–H groups in total. The number of halogens is 2. The molecule has 19 heavy (non-hydrogen) atoms. The third-order valence-electron chi connectivity index (χ3n) is 2.78. The van der Waals surface area contributed by atoms with E-state index in [1.54, 1.807) is 12.1 Å². The van der Waals surface area contributed by atoms with Gasteiger partial charge in [0.2, 0.25) is 0 Å². The molecule has 2 rings (SSSR count). The summed E-state index contributed by atoms with van der Waals surface area (Å²) in [5, 5.41) is -0.0718. The summed E-state index contributed by atoms with van der Waals surface area (Å²) >= 11 is 5.69. The third-order valence-corrected chi connectivity index (χ3v) is 3.07. The van der Waals surface area contributed by atoms with Gasteiger partial charge in [0.15, 0.2) is 5.78 Å². The van der Waals surface area contributed by atoms with Crippen LogP contribution >= 0.6 is 11.6 Å². The number of ketones is 1. The van der Waals surface area contributed by atoms with Gasteiger partial charge in [-0.1, -0.05) is 23.2 Å². The van der Waals surface area contributed by atoms with Crippen molar-refractivity contribution in [3.63, 3.8) is 0 Å². The molecule has 0 saturated heterocycles. The lowest BCUT2D eigenvalue weighted by Crippen LogP contribution is -2.04. The average Bonchev–Trinajstić information content (AvgIpc) is 2.41. The molecule has 98 valence electrons. The van der Waals surface area contributed by atoms with Crippen molar-refractivity contribution in [1.29, 1.82) is 0 Å². The van der Waals surface area contributed by atoms with Crippen LogP contribution in [0.5, 0.6) is 5.75 Å². The number of benzene rings is 2. The van der Waals surface area contributed by atoms with E-state index in [-0.39, 0.29) is 10.8 Å². The second-order valence-corrected chi connectivity index (χ2v) is 4.57. The maximum absolute atomic E-state index is 13.1. The Hall–Kier alpha value is -1.87. The molecule has 0 unspecified atom stereocenters. The van der Waals surface area contributed by atoms with Crippen molar-refractivity contribution in [2.24, 2.45) is 0 Å². The van der Waals surface area contributed by atoms with Crippen molar-refractivity contribution in [3.8, 4) is 5.75 Å². The molecule has 0 fully saturated rings. The minimum atomic E-state index is -0.547. The first-order valence-corrected chi connectivity index (χ1v) is 6.05. The standard InChI is InChI=1S/C15H12ClFO2/c1-9-3-6-14(19-2)11(7-9)15(18)10-4-5-13(17)12(16)8-10/h3-8H,1-2H3. The number of hydrogen-bond donors (Lipinski definition) is 0. The van der Waals surface area contributed by atoms with Crippen molar-refractivity contribution in [2.45, 2.75) is 6.92 Å². The zero-order valence-corrected chi connectivity index (χ0v) is 11.3. The van der Waals surface area contributed by atoms with Gasteiger partial charge in [0.25, 0.3) is 0 Å². The van der Waals surface area contributed by atoms with E-state index >= 15 is 0 Å². The van der Waals surface area contributed by atoms with Gasteiger partial charge in [-0.3, -0.25) is 4.79 Å². The van der Waals surface area contributed by atoms with Gasteiger partial charge in [0, 0.05) is 5.56 Å². The first-order chi connectivity index (χ1) is 9.02. The summed E-state index contributed by atoms with van der Waals surface area (Å²) in [6.07, 6.45) is 0. The van der Waals surface area contributed by atoms with E-state index < -0.39 is 5.82 Å². The molecule has 0 aliphatic carbocycles. The summed E-state index contributed by atoms with van der Waals surface area (Å²) in [7, 11) is 1.50. The maximum Gasteiger partial charge on any atom is 0.196 e. The predicted molar refractivity (Wildman–Crippen MR) is 72.6 cm³/mol. The van der Waals surface area contributed by atoms with Crippen LogP contribution in [0.2, 0.25) is 5.02 Å². The SMILES string of the molecule is COc1ccc(C)cc1C(=O)c1ccc(F)c(Cl)c1. The second kappa shape index (κ2) is 5.41. The molecule has 0 radical (unpaired) electrons. The molecule has 0 aliphatic heterocycles. The van der Waals surface area contributed by atoms with Crippen LogP contribution in [0.1, 0.15) is 21.5 Å². The normalized spacial score (nSPS) is 10.3.